The molecule has 0 aliphatic heterocycles. The lowest BCUT2D eigenvalue weighted by atomic mass is 10.2. The van der Waals surface area contributed by atoms with Crippen LogP contribution in [0.15, 0.2) is 16.9 Å². The fourth-order valence-corrected chi connectivity index (χ4v) is 1.60. The van der Waals surface area contributed by atoms with Crippen LogP contribution in [-0.4, -0.2) is 11.6 Å². The molecule has 1 aromatic heterocycles. The Morgan fingerprint density at radius 1 is 1.50 bits per heavy atom. The van der Waals surface area contributed by atoms with Crippen molar-refractivity contribution in [1.29, 1.82) is 0 Å². The standard InChI is InChI=1S/C9H14NOP/c1-3-4-7-5-6-8(12-2)10-9(7)11/h5-6,12H,3-4H2,1-2H3,(H,10,11). The van der Waals surface area contributed by atoms with E-state index >= 15 is 0 Å². The largest absolute Gasteiger partial charge is 0.322 e. The molecule has 0 bridgehead atoms. The first-order valence-electron chi connectivity index (χ1n) is 4.18. The van der Waals surface area contributed by atoms with Crippen LogP contribution in [0, 0.1) is 0 Å². The molecule has 1 heterocycles. The van der Waals surface area contributed by atoms with Gasteiger partial charge in [0.05, 0.1) is 0 Å². The predicted molar refractivity (Wildman–Crippen MR) is 54.9 cm³/mol. The molecule has 0 fully saturated rings. The molecule has 3 heteroatoms. The van der Waals surface area contributed by atoms with E-state index in [4.69, 9.17) is 0 Å². The maximum atomic E-state index is 11.3. The average Bonchev–Trinajstić information content (AvgIpc) is 2.09. The first kappa shape index (κ1) is 9.47. The van der Waals surface area contributed by atoms with E-state index in [1.807, 2.05) is 12.1 Å². The van der Waals surface area contributed by atoms with Gasteiger partial charge in [-0.2, -0.15) is 0 Å². The molecule has 0 aliphatic rings. The minimum Gasteiger partial charge on any atom is -0.322 e. The zero-order chi connectivity index (χ0) is 8.97. The molecule has 0 spiro atoms. The average molecular weight is 183 g/mol. The fraction of sp³-hybridized carbons (Fsp3) is 0.444. The number of pyridine rings is 1. The van der Waals surface area contributed by atoms with E-state index in [0.717, 1.165) is 23.8 Å². The second kappa shape index (κ2) is 4.42. The molecule has 0 radical (unpaired) electrons. The molecule has 2 nitrogen and oxygen atoms in total. The SMILES string of the molecule is CCCc1ccc(PC)[nH]c1=O. The second-order valence-corrected chi connectivity index (χ2v) is 3.77. The number of rotatable bonds is 3. The van der Waals surface area contributed by atoms with Gasteiger partial charge in [0.25, 0.3) is 5.56 Å². The number of aromatic amines is 1. The fourth-order valence-electron chi connectivity index (χ4n) is 1.12. The van der Waals surface area contributed by atoms with Crippen molar-refractivity contribution in [3.05, 3.63) is 28.0 Å². The quantitative estimate of drug-likeness (QED) is 0.703. The van der Waals surface area contributed by atoms with Crippen molar-refractivity contribution < 1.29 is 0 Å². The van der Waals surface area contributed by atoms with Gasteiger partial charge in [-0.1, -0.05) is 28.0 Å². The third-order valence-electron chi connectivity index (χ3n) is 1.78. The lowest BCUT2D eigenvalue weighted by Gasteiger charge is -1.99. The highest BCUT2D eigenvalue weighted by molar-refractivity contribution is 7.45. The minimum atomic E-state index is 0.0868. The van der Waals surface area contributed by atoms with Crippen molar-refractivity contribution in [2.75, 3.05) is 6.66 Å². The van der Waals surface area contributed by atoms with Gasteiger partial charge in [0.2, 0.25) is 0 Å². The minimum absolute atomic E-state index is 0.0868. The van der Waals surface area contributed by atoms with Crippen molar-refractivity contribution in [1.82, 2.24) is 4.98 Å². The maximum Gasteiger partial charge on any atom is 0.251 e. The van der Waals surface area contributed by atoms with Crippen LogP contribution in [0.4, 0.5) is 0 Å². The van der Waals surface area contributed by atoms with Crippen molar-refractivity contribution in [2.45, 2.75) is 19.8 Å². The molecule has 1 unspecified atom stereocenters. The van der Waals surface area contributed by atoms with Gasteiger partial charge in [0.15, 0.2) is 0 Å². The molecule has 1 atom stereocenters. The van der Waals surface area contributed by atoms with Gasteiger partial charge < -0.3 is 4.98 Å². The Balaban J connectivity index is 2.96. The van der Waals surface area contributed by atoms with E-state index < -0.39 is 0 Å². The smallest absolute Gasteiger partial charge is 0.251 e. The van der Waals surface area contributed by atoms with E-state index in [9.17, 15) is 4.79 Å². The third-order valence-corrected chi connectivity index (χ3v) is 2.61. The van der Waals surface area contributed by atoms with Crippen molar-refractivity contribution in [2.24, 2.45) is 0 Å². The van der Waals surface area contributed by atoms with Crippen LogP contribution in [0.1, 0.15) is 18.9 Å². The van der Waals surface area contributed by atoms with Gasteiger partial charge in [-0.05, 0) is 19.2 Å². The molecule has 1 N–H and O–H groups in total. The number of aromatic nitrogens is 1. The highest BCUT2D eigenvalue weighted by Crippen LogP contribution is 2.00. The van der Waals surface area contributed by atoms with Crippen LogP contribution in [0.2, 0.25) is 0 Å². The van der Waals surface area contributed by atoms with Crippen molar-refractivity contribution >= 4 is 14.0 Å². The van der Waals surface area contributed by atoms with Gasteiger partial charge in [-0.25, -0.2) is 0 Å². The normalized spacial score (nSPS) is 11.2. The first-order chi connectivity index (χ1) is 5.77. The lowest BCUT2D eigenvalue weighted by Crippen LogP contribution is -2.19. The van der Waals surface area contributed by atoms with Crippen LogP contribution >= 0.6 is 8.58 Å². The predicted octanol–water partition coefficient (Wildman–Crippen LogP) is 1.26. The number of nitrogens with one attached hydrogen (secondary N) is 1. The van der Waals surface area contributed by atoms with Gasteiger partial charge >= 0.3 is 0 Å². The number of hydrogen-bond acceptors (Lipinski definition) is 1. The molecule has 1 rings (SSSR count). The number of H-pyrrole nitrogens is 1. The Kier molecular flexibility index (Phi) is 3.48. The van der Waals surface area contributed by atoms with Crippen molar-refractivity contribution in [3.8, 4) is 0 Å². The summed E-state index contributed by atoms with van der Waals surface area (Å²) in [6.45, 7) is 4.14. The second-order valence-electron chi connectivity index (χ2n) is 2.73. The van der Waals surface area contributed by atoms with Gasteiger partial charge in [0.1, 0.15) is 0 Å². The van der Waals surface area contributed by atoms with E-state index in [2.05, 4.69) is 18.6 Å². The van der Waals surface area contributed by atoms with Crippen LogP contribution in [0.25, 0.3) is 0 Å². The summed E-state index contributed by atoms with van der Waals surface area (Å²) in [5.74, 6) is 0. The van der Waals surface area contributed by atoms with E-state index in [0.29, 0.717) is 8.58 Å². The molecule has 1 aromatic rings. The maximum absolute atomic E-state index is 11.3. The highest BCUT2D eigenvalue weighted by atomic mass is 31.1. The Morgan fingerprint density at radius 2 is 2.25 bits per heavy atom. The molecule has 0 saturated heterocycles. The molecule has 12 heavy (non-hydrogen) atoms. The van der Waals surface area contributed by atoms with E-state index in [1.165, 1.54) is 0 Å². The van der Waals surface area contributed by atoms with E-state index in [1.54, 1.807) is 0 Å². The molecular formula is C9H14NOP. The monoisotopic (exact) mass is 183 g/mol. The Morgan fingerprint density at radius 3 is 2.75 bits per heavy atom. The van der Waals surface area contributed by atoms with Gasteiger partial charge in [-0.3, -0.25) is 4.79 Å². The van der Waals surface area contributed by atoms with Gasteiger partial charge in [0, 0.05) is 11.0 Å². The Labute approximate surface area is 74.2 Å². The molecule has 0 aliphatic carbocycles. The third kappa shape index (κ3) is 2.18. The Bertz CT molecular complexity index is 306. The molecule has 0 aromatic carbocycles. The summed E-state index contributed by atoms with van der Waals surface area (Å²) in [5, 5.41) is 0. The highest BCUT2D eigenvalue weighted by Gasteiger charge is 1.97. The van der Waals surface area contributed by atoms with Crippen molar-refractivity contribution in [3.63, 3.8) is 0 Å². The topological polar surface area (TPSA) is 32.9 Å². The van der Waals surface area contributed by atoms with E-state index in [-0.39, 0.29) is 5.56 Å². The summed E-state index contributed by atoms with van der Waals surface area (Å²) >= 11 is 0. The van der Waals surface area contributed by atoms with Crippen LogP contribution in [-0.2, 0) is 6.42 Å². The molecule has 0 saturated carbocycles. The van der Waals surface area contributed by atoms with Crippen LogP contribution < -0.4 is 11.0 Å². The Hall–Kier alpha value is -0.620. The van der Waals surface area contributed by atoms with Gasteiger partial charge in [-0.15, -0.1) is 0 Å². The lowest BCUT2D eigenvalue weighted by molar-refractivity contribution is 0.903. The summed E-state index contributed by atoms with van der Waals surface area (Å²) in [7, 11) is 0.669. The molecule has 0 amide bonds. The summed E-state index contributed by atoms with van der Waals surface area (Å²) in [6.07, 6.45) is 1.90. The summed E-state index contributed by atoms with van der Waals surface area (Å²) < 4.78 is 0. The zero-order valence-corrected chi connectivity index (χ0v) is 8.48. The summed E-state index contributed by atoms with van der Waals surface area (Å²) in [4.78, 5) is 14.2. The summed E-state index contributed by atoms with van der Waals surface area (Å²) in [6, 6.07) is 3.94. The molecular weight excluding hydrogens is 169 g/mol. The van der Waals surface area contributed by atoms with Crippen LogP contribution in [0.3, 0.4) is 0 Å². The summed E-state index contributed by atoms with van der Waals surface area (Å²) in [5.41, 5.74) is 2.03. The number of aryl methyl sites for hydroxylation is 1. The first-order valence-corrected chi connectivity index (χ1v) is 5.68. The zero-order valence-electron chi connectivity index (χ0n) is 7.48. The molecule has 66 valence electrons. The number of hydrogen-bond donors (Lipinski definition) is 1. The van der Waals surface area contributed by atoms with Crippen LogP contribution in [0.5, 0.6) is 0 Å².